The first-order valence-electron chi connectivity index (χ1n) is 4.82. The fourth-order valence-corrected chi connectivity index (χ4v) is 1.73. The van der Waals surface area contributed by atoms with Crippen LogP contribution in [0.2, 0.25) is 0 Å². The monoisotopic (exact) mass is 226 g/mol. The molecule has 0 spiro atoms. The van der Waals surface area contributed by atoms with Gasteiger partial charge < -0.3 is 9.27 Å². The van der Waals surface area contributed by atoms with E-state index in [9.17, 15) is 8.76 Å². The highest BCUT2D eigenvalue weighted by Gasteiger charge is 2.10. The highest BCUT2D eigenvalue weighted by atomic mass is 32.2. The summed E-state index contributed by atoms with van der Waals surface area (Å²) in [7, 11) is 0. The minimum Gasteiger partial charge on any atom is -0.755 e. The number of nitrogens with one attached hydrogen (secondary N) is 1. The Balaban J connectivity index is 2.68. The van der Waals surface area contributed by atoms with Gasteiger partial charge in [-0.2, -0.15) is 0 Å². The molecule has 0 saturated heterocycles. The summed E-state index contributed by atoms with van der Waals surface area (Å²) in [4.78, 5) is 0. The van der Waals surface area contributed by atoms with Gasteiger partial charge >= 0.3 is 0 Å². The van der Waals surface area contributed by atoms with Crippen molar-refractivity contribution in [1.29, 1.82) is 0 Å². The van der Waals surface area contributed by atoms with E-state index in [1.165, 1.54) is 5.56 Å². The van der Waals surface area contributed by atoms with Gasteiger partial charge in [-0.3, -0.25) is 4.21 Å². The largest absolute Gasteiger partial charge is 0.755 e. The first-order chi connectivity index (χ1) is 6.87. The first kappa shape index (κ1) is 12.2. The van der Waals surface area contributed by atoms with Crippen LogP contribution in [0, 0.1) is 5.41 Å². The predicted octanol–water partition coefficient (Wildman–Crippen LogP) is 2.48. The molecule has 3 nitrogen and oxygen atoms in total. The average Bonchev–Trinajstić information content (AvgIpc) is 2.05. The lowest BCUT2D eigenvalue weighted by atomic mass is 9.88. The maximum Gasteiger partial charge on any atom is 0.0452 e. The molecule has 15 heavy (non-hydrogen) atoms. The van der Waals surface area contributed by atoms with Crippen LogP contribution in [-0.4, -0.2) is 8.76 Å². The van der Waals surface area contributed by atoms with E-state index in [1.54, 1.807) is 12.1 Å². The normalized spacial score (nSPS) is 13.6. The van der Waals surface area contributed by atoms with Gasteiger partial charge in [-0.1, -0.05) is 32.9 Å². The van der Waals surface area contributed by atoms with Crippen LogP contribution in [0.25, 0.3) is 0 Å². The molecule has 4 heteroatoms. The molecule has 1 aromatic carbocycles. The van der Waals surface area contributed by atoms with Crippen molar-refractivity contribution in [3.8, 4) is 0 Å². The minimum atomic E-state index is -2.24. The van der Waals surface area contributed by atoms with Crippen LogP contribution in [0.15, 0.2) is 24.3 Å². The standard InChI is InChI=1S/C11H17NO2S/c1-11(2,3)8-9-4-6-10(7-5-9)12-15(13)14/h4-7,12H,8H2,1-3H3,(H,13,14)/p-1. The molecular weight excluding hydrogens is 210 g/mol. The molecule has 1 rings (SSSR count). The van der Waals surface area contributed by atoms with Gasteiger partial charge in [0.2, 0.25) is 0 Å². The number of hydrogen-bond acceptors (Lipinski definition) is 2. The molecule has 1 aromatic rings. The molecule has 0 aliphatic rings. The van der Waals surface area contributed by atoms with Gasteiger partial charge in [0.15, 0.2) is 0 Å². The Labute approximate surface area is 93.3 Å². The summed E-state index contributed by atoms with van der Waals surface area (Å²) in [5.74, 6) is 0. The van der Waals surface area contributed by atoms with Crippen LogP contribution >= 0.6 is 0 Å². The maximum absolute atomic E-state index is 10.4. The van der Waals surface area contributed by atoms with Crippen molar-refractivity contribution in [2.75, 3.05) is 4.72 Å². The maximum atomic E-state index is 10.4. The predicted molar refractivity (Wildman–Crippen MR) is 62.1 cm³/mol. The van der Waals surface area contributed by atoms with Crippen molar-refractivity contribution in [3.05, 3.63) is 29.8 Å². The van der Waals surface area contributed by atoms with E-state index in [0.29, 0.717) is 5.69 Å². The van der Waals surface area contributed by atoms with Crippen LogP contribution in [-0.2, 0) is 17.7 Å². The summed E-state index contributed by atoms with van der Waals surface area (Å²) in [5.41, 5.74) is 2.06. The third-order valence-electron chi connectivity index (χ3n) is 1.89. The molecule has 0 radical (unpaired) electrons. The second-order valence-electron chi connectivity index (χ2n) is 4.77. The fourth-order valence-electron chi connectivity index (χ4n) is 1.40. The smallest absolute Gasteiger partial charge is 0.0452 e. The van der Waals surface area contributed by atoms with E-state index >= 15 is 0 Å². The first-order valence-corrected chi connectivity index (χ1v) is 5.89. The van der Waals surface area contributed by atoms with Crippen molar-refractivity contribution >= 4 is 17.0 Å². The van der Waals surface area contributed by atoms with Crippen molar-refractivity contribution in [2.45, 2.75) is 27.2 Å². The summed E-state index contributed by atoms with van der Waals surface area (Å²) in [6.07, 6.45) is 0.980. The third kappa shape index (κ3) is 4.95. The molecule has 0 bridgehead atoms. The average molecular weight is 226 g/mol. The van der Waals surface area contributed by atoms with Gasteiger partial charge in [0.1, 0.15) is 0 Å². The zero-order valence-electron chi connectivity index (χ0n) is 9.24. The highest BCUT2D eigenvalue weighted by molar-refractivity contribution is 7.80. The topological polar surface area (TPSA) is 52.2 Å². The molecule has 0 aromatic heterocycles. The molecule has 0 aliphatic heterocycles. The Hall–Kier alpha value is -0.870. The molecule has 84 valence electrons. The summed E-state index contributed by atoms with van der Waals surface area (Å²) < 4.78 is 23.1. The van der Waals surface area contributed by atoms with Crippen molar-refractivity contribution < 1.29 is 8.76 Å². The third-order valence-corrected chi connectivity index (χ3v) is 2.29. The molecule has 1 unspecified atom stereocenters. The van der Waals surface area contributed by atoms with Gasteiger partial charge in [0.05, 0.1) is 0 Å². The Morgan fingerprint density at radius 1 is 1.27 bits per heavy atom. The van der Waals surface area contributed by atoms with Crippen LogP contribution in [0.5, 0.6) is 0 Å². The fraction of sp³-hybridized carbons (Fsp3) is 0.455. The van der Waals surface area contributed by atoms with E-state index < -0.39 is 11.3 Å². The van der Waals surface area contributed by atoms with Gasteiger partial charge in [-0.15, -0.1) is 0 Å². The van der Waals surface area contributed by atoms with E-state index in [2.05, 4.69) is 25.5 Å². The quantitative estimate of drug-likeness (QED) is 0.805. The summed E-state index contributed by atoms with van der Waals surface area (Å²) in [6.45, 7) is 6.52. The lowest BCUT2D eigenvalue weighted by Crippen LogP contribution is -2.09. The molecule has 0 amide bonds. The van der Waals surface area contributed by atoms with Crippen molar-refractivity contribution in [3.63, 3.8) is 0 Å². The van der Waals surface area contributed by atoms with Crippen molar-refractivity contribution in [2.24, 2.45) is 5.41 Å². The van der Waals surface area contributed by atoms with E-state index in [0.717, 1.165) is 6.42 Å². The molecular formula is C11H16NO2S-. The highest BCUT2D eigenvalue weighted by Crippen LogP contribution is 2.21. The second-order valence-corrected chi connectivity index (χ2v) is 5.44. The number of benzene rings is 1. The number of hydrogen-bond donors (Lipinski definition) is 1. The Bertz CT molecular complexity index is 341. The SMILES string of the molecule is CC(C)(C)Cc1ccc(NS(=O)[O-])cc1. The van der Waals surface area contributed by atoms with Crippen molar-refractivity contribution in [1.82, 2.24) is 0 Å². The minimum absolute atomic E-state index is 0.246. The summed E-state index contributed by atoms with van der Waals surface area (Å²) >= 11 is -2.24. The second kappa shape index (κ2) is 4.77. The van der Waals surface area contributed by atoms with Gasteiger partial charge in [-0.25, -0.2) is 0 Å². The Morgan fingerprint density at radius 3 is 2.20 bits per heavy atom. The van der Waals surface area contributed by atoms with Gasteiger partial charge in [-0.05, 0) is 29.5 Å². The molecule has 1 atom stereocenters. The lowest BCUT2D eigenvalue weighted by Gasteiger charge is -2.18. The molecule has 0 aliphatic carbocycles. The summed E-state index contributed by atoms with van der Waals surface area (Å²) in [6, 6.07) is 7.44. The Morgan fingerprint density at radius 2 is 1.80 bits per heavy atom. The van der Waals surface area contributed by atoms with Crippen LogP contribution in [0.4, 0.5) is 5.69 Å². The van der Waals surface area contributed by atoms with Crippen LogP contribution in [0.1, 0.15) is 26.3 Å². The van der Waals surface area contributed by atoms with E-state index in [1.807, 2.05) is 12.1 Å². The van der Waals surface area contributed by atoms with E-state index in [4.69, 9.17) is 0 Å². The molecule has 0 saturated carbocycles. The van der Waals surface area contributed by atoms with Gasteiger partial charge in [0, 0.05) is 17.0 Å². The number of anilines is 1. The molecule has 1 N–H and O–H groups in total. The van der Waals surface area contributed by atoms with Crippen LogP contribution in [0.3, 0.4) is 0 Å². The van der Waals surface area contributed by atoms with E-state index in [-0.39, 0.29) is 5.41 Å². The summed E-state index contributed by atoms with van der Waals surface area (Å²) in [5, 5.41) is 0. The number of rotatable bonds is 3. The van der Waals surface area contributed by atoms with Gasteiger partial charge in [0.25, 0.3) is 0 Å². The zero-order valence-corrected chi connectivity index (χ0v) is 10.1. The Kier molecular flexibility index (Phi) is 3.88. The molecule has 0 heterocycles. The zero-order chi connectivity index (χ0) is 11.5. The lowest BCUT2D eigenvalue weighted by molar-refractivity contribution is 0.411. The molecule has 0 fully saturated rings. The van der Waals surface area contributed by atoms with Crippen LogP contribution < -0.4 is 4.72 Å².